The molecular weight excluding hydrogens is 280 g/mol. The van der Waals surface area contributed by atoms with Crippen molar-refractivity contribution in [2.24, 2.45) is 11.7 Å². The standard InChI is InChI=1S/C12H18N4OS2/c1-2-7-18-12-16-15-11(19-12)14-10(17)8-3-5-9(13)6-4-8/h2,8-9H,1,3-7,13H2,(H,14,15,17). The van der Waals surface area contributed by atoms with Crippen LogP contribution in [0.5, 0.6) is 0 Å². The molecule has 1 aliphatic carbocycles. The Morgan fingerprint density at radius 3 is 2.89 bits per heavy atom. The first-order valence-electron chi connectivity index (χ1n) is 6.32. The molecule has 1 fully saturated rings. The summed E-state index contributed by atoms with van der Waals surface area (Å²) in [7, 11) is 0. The Labute approximate surface area is 121 Å². The molecule has 0 spiro atoms. The van der Waals surface area contributed by atoms with Gasteiger partial charge in [0.05, 0.1) is 0 Å². The van der Waals surface area contributed by atoms with Crippen molar-refractivity contribution in [3.63, 3.8) is 0 Å². The number of thioether (sulfide) groups is 1. The van der Waals surface area contributed by atoms with E-state index in [4.69, 9.17) is 5.73 Å². The molecule has 0 unspecified atom stereocenters. The zero-order valence-electron chi connectivity index (χ0n) is 10.7. The van der Waals surface area contributed by atoms with Crippen molar-refractivity contribution in [3.05, 3.63) is 12.7 Å². The van der Waals surface area contributed by atoms with Gasteiger partial charge in [-0.05, 0) is 25.7 Å². The lowest BCUT2D eigenvalue weighted by Crippen LogP contribution is -2.32. The van der Waals surface area contributed by atoms with Gasteiger partial charge in [0.25, 0.3) is 0 Å². The molecule has 1 saturated carbocycles. The molecular formula is C12H18N4OS2. The Bertz CT molecular complexity index is 441. The number of anilines is 1. The fourth-order valence-corrected chi connectivity index (χ4v) is 3.55. The lowest BCUT2D eigenvalue weighted by Gasteiger charge is -2.24. The van der Waals surface area contributed by atoms with Gasteiger partial charge < -0.3 is 11.1 Å². The van der Waals surface area contributed by atoms with Crippen LogP contribution in [0.1, 0.15) is 25.7 Å². The number of hydrogen-bond donors (Lipinski definition) is 2. The Hall–Kier alpha value is -0.920. The number of carbonyl (C=O) groups is 1. The van der Waals surface area contributed by atoms with Crippen molar-refractivity contribution in [3.8, 4) is 0 Å². The summed E-state index contributed by atoms with van der Waals surface area (Å²) in [4.78, 5) is 12.1. The van der Waals surface area contributed by atoms with E-state index in [-0.39, 0.29) is 17.9 Å². The molecule has 1 aromatic rings. The van der Waals surface area contributed by atoms with Gasteiger partial charge in [-0.3, -0.25) is 4.79 Å². The smallest absolute Gasteiger partial charge is 0.229 e. The summed E-state index contributed by atoms with van der Waals surface area (Å²) in [6.45, 7) is 3.65. The number of nitrogens with one attached hydrogen (secondary N) is 1. The van der Waals surface area contributed by atoms with E-state index in [2.05, 4.69) is 22.1 Å². The third-order valence-electron chi connectivity index (χ3n) is 3.10. The van der Waals surface area contributed by atoms with Crippen molar-refractivity contribution >= 4 is 34.1 Å². The van der Waals surface area contributed by atoms with Gasteiger partial charge in [0, 0.05) is 17.7 Å². The molecule has 0 atom stereocenters. The molecule has 0 radical (unpaired) electrons. The second kappa shape index (κ2) is 7.02. The highest BCUT2D eigenvalue weighted by Gasteiger charge is 2.25. The minimum atomic E-state index is 0.0447. The molecule has 1 amide bonds. The number of carbonyl (C=O) groups excluding carboxylic acids is 1. The van der Waals surface area contributed by atoms with Crippen LogP contribution in [0, 0.1) is 5.92 Å². The van der Waals surface area contributed by atoms with Crippen LogP contribution < -0.4 is 11.1 Å². The number of aromatic nitrogens is 2. The number of hydrogen-bond acceptors (Lipinski definition) is 6. The summed E-state index contributed by atoms with van der Waals surface area (Å²) >= 11 is 2.97. The lowest BCUT2D eigenvalue weighted by atomic mass is 9.86. The molecule has 3 N–H and O–H groups in total. The highest BCUT2D eigenvalue weighted by atomic mass is 32.2. The van der Waals surface area contributed by atoms with Crippen LogP contribution in [-0.4, -0.2) is 27.9 Å². The zero-order chi connectivity index (χ0) is 13.7. The summed E-state index contributed by atoms with van der Waals surface area (Å²) in [6.07, 6.45) is 5.40. The first-order chi connectivity index (χ1) is 9.19. The van der Waals surface area contributed by atoms with E-state index in [9.17, 15) is 4.79 Å². The van der Waals surface area contributed by atoms with Crippen LogP contribution in [0.25, 0.3) is 0 Å². The van der Waals surface area contributed by atoms with Crippen molar-refractivity contribution < 1.29 is 4.79 Å². The lowest BCUT2D eigenvalue weighted by molar-refractivity contribution is -0.120. The highest BCUT2D eigenvalue weighted by Crippen LogP contribution is 2.28. The van der Waals surface area contributed by atoms with Gasteiger partial charge in [-0.1, -0.05) is 29.2 Å². The van der Waals surface area contributed by atoms with E-state index in [1.165, 1.54) is 11.3 Å². The van der Waals surface area contributed by atoms with E-state index in [1.807, 2.05) is 6.08 Å². The summed E-state index contributed by atoms with van der Waals surface area (Å²) in [5.41, 5.74) is 5.84. The Balaban J connectivity index is 1.84. The van der Waals surface area contributed by atoms with Gasteiger partial charge >= 0.3 is 0 Å². The van der Waals surface area contributed by atoms with Gasteiger partial charge in [-0.25, -0.2) is 0 Å². The molecule has 1 aromatic heterocycles. The third kappa shape index (κ3) is 4.29. The number of rotatable bonds is 5. The molecule has 5 nitrogen and oxygen atoms in total. The molecule has 0 saturated heterocycles. The third-order valence-corrected chi connectivity index (χ3v) is 5.07. The van der Waals surface area contributed by atoms with Crippen molar-refractivity contribution in [1.29, 1.82) is 0 Å². The maximum absolute atomic E-state index is 12.1. The molecule has 2 rings (SSSR count). The molecule has 0 bridgehead atoms. The van der Waals surface area contributed by atoms with Crippen LogP contribution in [-0.2, 0) is 4.79 Å². The highest BCUT2D eigenvalue weighted by molar-refractivity contribution is 8.01. The quantitative estimate of drug-likeness (QED) is 0.495. The molecule has 0 aromatic carbocycles. The zero-order valence-corrected chi connectivity index (χ0v) is 12.3. The van der Waals surface area contributed by atoms with Gasteiger partial charge in [0.2, 0.25) is 11.0 Å². The minimum Gasteiger partial charge on any atom is -0.328 e. The van der Waals surface area contributed by atoms with E-state index < -0.39 is 0 Å². The predicted molar refractivity (Wildman–Crippen MR) is 79.4 cm³/mol. The molecule has 1 aliphatic rings. The second-order valence-electron chi connectivity index (χ2n) is 4.57. The minimum absolute atomic E-state index is 0.0447. The van der Waals surface area contributed by atoms with Gasteiger partial charge in [0.1, 0.15) is 0 Å². The number of nitrogens with two attached hydrogens (primary N) is 1. The Morgan fingerprint density at radius 2 is 2.21 bits per heavy atom. The van der Waals surface area contributed by atoms with Crippen LogP contribution >= 0.6 is 23.1 Å². The SMILES string of the molecule is C=CCSc1nnc(NC(=O)C2CCC(N)CC2)s1. The number of nitrogens with zero attached hydrogens (tertiary/aromatic N) is 2. The van der Waals surface area contributed by atoms with E-state index in [0.29, 0.717) is 5.13 Å². The first kappa shape index (κ1) is 14.5. The largest absolute Gasteiger partial charge is 0.328 e. The molecule has 19 heavy (non-hydrogen) atoms. The fourth-order valence-electron chi connectivity index (χ4n) is 2.04. The topological polar surface area (TPSA) is 80.9 Å². The van der Waals surface area contributed by atoms with Crippen molar-refractivity contribution in [2.75, 3.05) is 11.1 Å². The Kier molecular flexibility index (Phi) is 5.35. The average molecular weight is 298 g/mol. The van der Waals surface area contributed by atoms with Crippen LogP contribution in [0.3, 0.4) is 0 Å². The fraction of sp³-hybridized carbons (Fsp3) is 0.583. The van der Waals surface area contributed by atoms with E-state index in [1.54, 1.807) is 11.8 Å². The van der Waals surface area contributed by atoms with Crippen LogP contribution in [0.15, 0.2) is 17.0 Å². The predicted octanol–water partition coefficient (Wildman–Crippen LogP) is 2.27. The molecule has 7 heteroatoms. The monoisotopic (exact) mass is 298 g/mol. The van der Waals surface area contributed by atoms with Gasteiger partial charge in [-0.2, -0.15) is 0 Å². The molecule has 1 heterocycles. The molecule has 0 aliphatic heterocycles. The number of amides is 1. The average Bonchev–Trinajstić information content (AvgIpc) is 2.84. The molecule has 104 valence electrons. The van der Waals surface area contributed by atoms with Gasteiger partial charge in [-0.15, -0.1) is 16.8 Å². The van der Waals surface area contributed by atoms with E-state index >= 15 is 0 Å². The normalized spacial score (nSPS) is 23.0. The van der Waals surface area contributed by atoms with E-state index in [0.717, 1.165) is 35.8 Å². The van der Waals surface area contributed by atoms with Gasteiger partial charge in [0.15, 0.2) is 4.34 Å². The van der Waals surface area contributed by atoms with Crippen molar-refractivity contribution in [1.82, 2.24) is 10.2 Å². The summed E-state index contributed by atoms with van der Waals surface area (Å²) < 4.78 is 0.848. The van der Waals surface area contributed by atoms with Crippen molar-refractivity contribution in [2.45, 2.75) is 36.1 Å². The summed E-state index contributed by atoms with van der Waals surface area (Å²) in [5, 5.41) is 11.4. The van der Waals surface area contributed by atoms with Crippen LogP contribution in [0.4, 0.5) is 5.13 Å². The maximum atomic E-state index is 12.1. The van der Waals surface area contributed by atoms with Crippen LogP contribution in [0.2, 0.25) is 0 Å². The summed E-state index contributed by atoms with van der Waals surface area (Å²) in [6, 6.07) is 0.257. The maximum Gasteiger partial charge on any atom is 0.229 e. The second-order valence-corrected chi connectivity index (χ2v) is 6.82. The summed E-state index contributed by atoms with van der Waals surface area (Å²) in [5.74, 6) is 0.902. The first-order valence-corrected chi connectivity index (χ1v) is 8.13. The Morgan fingerprint density at radius 1 is 1.47 bits per heavy atom.